The first-order chi connectivity index (χ1) is 5.74. The zero-order chi connectivity index (χ0) is 10.6. The molecule has 0 aromatic carbocycles. The number of amidine groups is 1. The lowest BCUT2D eigenvalue weighted by Crippen LogP contribution is -2.33. The van der Waals surface area contributed by atoms with Crippen molar-refractivity contribution in [3.8, 4) is 0 Å². The average Bonchev–Trinajstić information content (AvgIpc) is 1.97. The summed E-state index contributed by atoms with van der Waals surface area (Å²) >= 11 is 0. The number of nitrogens with one attached hydrogen (secondary N) is 1. The van der Waals surface area contributed by atoms with Crippen molar-refractivity contribution in [2.24, 2.45) is 5.92 Å². The standard InChI is InChI=1S/C8H18N2O2S/c1-7(2)8(9)10(3)5-6-13(4,11)12/h7,9H,5-6H2,1-4H3. The van der Waals surface area contributed by atoms with Crippen LogP contribution < -0.4 is 0 Å². The normalized spacial score (nSPS) is 11.8. The molecule has 0 saturated carbocycles. The molecule has 78 valence electrons. The fourth-order valence-corrected chi connectivity index (χ4v) is 1.47. The van der Waals surface area contributed by atoms with Crippen LogP contribution in [0.3, 0.4) is 0 Å². The molecule has 0 amide bonds. The first-order valence-electron chi connectivity index (χ1n) is 4.21. The topological polar surface area (TPSA) is 61.2 Å². The second-order valence-electron chi connectivity index (χ2n) is 3.59. The molecule has 4 nitrogen and oxygen atoms in total. The second-order valence-corrected chi connectivity index (χ2v) is 5.85. The van der Waals surface area contributed by atoms with E-state index in [4.69, 9.17) is 5.41 Å². The lowest BCUT2D eigenvalue weighted by Gasteiger charge is -2.21. The van der Waals surface area contributed by atoms with E-state index in [9.17, 15) is 8.42 Å². The second kappa shape index (κ2) is 4.60. The van der Waals surface area contributed by atoms with Crippen LogP contribution in [0.1, 0.15) is 13.8 Å². The number of rotatable bonds is 4. The summed E-state index contributed by atoms with van der Waals surface area (Å²) < 4.78 is 21.7. The predicted molar refractivity (Wildman–Crippen MR) is 54.9 cm³/mol. The Balaban J connectivity index is 4.03. The molecule has 0 aromatic heterocycles. The molecule has 13 heavy (non-hydrogen) atoms. The molecule has 0 saturated heterocycles. The van der Waals surface area contributed by atoms with Gasteiger partial charge in [-0.25, -0.2) is 8.42 Å². The van der Waals surface area contributed by atoms with Gasteiger partial charge in [0.05, 0.1) is 11.6 Å². The van der Waals surface area contributed by atoms with Gasteiger partial charge in [0, 0.05) is 25.8 Å². The summed E-state index contributed by atoms with van der Waals surface area (Å²) in [6, 6.07) is 0. The van der Waals surface area contributed by atoms with Gasteiger partial charge in [0.2, 0.25) is 0 Å². The van der Waals surface area contributed by atoms with Crippen molar-refractivity contribution in [1.29, 1.82) is 5.41 Å². The fourth-order valence-electron chi connectivity index (χ4n) is 0.864. The van der Waals surface area contributed by atoms with Gasteiger partial charge in [0.15, 0.2) is 0 Å². The minimum Gasteiger partial charge on any atom is -0.362 e. The number of nitrogens with zero attached hydrogens (tertiary/aromatic N) is 1. The van der Waals surface area contributed by atoms with Crippen LogP contribution in [0, 0.1) is 11.3 Å². The molecule has 0 fully saturated rings. The van der Waals surface area contributed by atoms with Gasteiger partial charge in [-0.05, 0) is 0 Å². The van der Waals surface area contributed by atoms with Gasteiger partial charge >= 0.3 is 0 Å². The molecule has 0 aliphatic heterocycles. The van der Waals surface area contributed by atoms with Crippen molar-refractivity contribution in [3.63, 3.8) is 0 Å². The Morgan fingerprint density at radius 1 is 1.46 bits per heavy atom. The summed E-state index contributed by atoms with van der Waals surface area (Å²) in [5, 5.41) is 7.59. The van der Waals surface area contributed by atoms with Crippen LogP contribution >= 0.6 is 0 Å². The van der Waals surface area contributed by atoms with E-state index in [0.717, 1.165) is 0 Å². The first-order valence-corrected chi connectivity index (χ1v) is 6.27. The molecular weight excluding hydrogens is 188 g/mol. The van der Waals surface area contributed by atoms with Crippen LogP contribution in [-0.2, 0) is 9.84 Å². The van der Waals surface area contributed by atoms with Crippen LogP contribution in [0.4, 0.5) is 0 Å². The van der Waals surface area contributed by atoms with Crippen molar-refractivity contribution in [1.82, 2.24) is 4.90 Å². The van der Waals surface area contributed by atoms with E-state index in [1.165, 1.54) is 6.26 Å². The van der Waals surface area contributed by atoms with Crippen molar-refractivity contribution < 1.29 is 8.42 Å². The van der Waals surface area contributed by atoms with E-state index < -0.39 is 9.84 Å². The van der Waals surface area contributed by atoms with Gasteiger partial charge in [0.1, 0.15) is 9.84 Å². The highest BCUT2D eigenvalue weighted by Gasteiger charge is 2.10. The smallest absolute Gasteiger partial charge is 0.149 e. The SMILES string of the molecule is CC(C)C(=N)N(C)CCS(C)(=O)=O. The summed E-state index contributed by atoms with van der Waals surface area (Å²) in [5.74, 6) is 0.728. The Labute approximate surface area is 80.4 Å². The molecule has 0 bridgehead atoms. The fraction of sp³-hybridized carbons (Fsp3) is 0.875. The van der Waals surface area contributed by atoms with Gasteiger partial charge in [-0.15, -0.1) is 0 Å². The van der Waals surface area contributed by atoms with Gasteiger partial charge < -0.3 is 4.90 Å². The highest BCUT2D eigenvalue weighted by Crippen LogP contribution is 1.99. The van der Waals surface area contributed by atoms with E-state index in [2.05, 4.69) is 0 Å². The molecule has 0 aliphatic carbocycles. The largest absolute Gasteiger partial charge is 0.362 e. The molecule has 0 atom stereocenters. The van der Waals surface area contributed by atoms with E-state index in [1.54, 1.807) is 11.9 Å². The monoisotopic (exact) mass is 206 g/mol. The molecule has 0 unspecified atom stereocenters. The quantitative estimate of drug-likeness (QED) is 0.541. The third kappa shape index (κ3) is 5.63. The molecule has 0 radical (unpaired) electrons. The minimum absolute atomic E-state index is 0.110. The maximum atomic E-state index is 10.8. The Morgan fingerprint density at radius 3 is 2.23 bits per heavy atom. The van der Waals surface area contributed by atoms with Crippen LogP contribution in [-0.4, -0.2) is 44.8 Å². The van der Waals surface area contributed by atoms with Crippen LogP contribution in [0.25, 0.3) is 0 Å². The van der Waals surface area contributed by atoms with E-state index in [0.29, 0.717) is 12.4 Å². The third-order valence-corrected chi connectivity index (χ3v) is 2.68. The molecule has 5 heteroatoms. The molecule has 0 rings (SSSR count). The van der Waals surface area contributed by atoms with Crippen molar-refractivity contribution >= 4 is 15.7 Å². The van der Waals surface area contributed by atoms with Gasteiger partial charge in [-0.2, -0.15) is 0 Å². The maximum Gasteiger partial charge on any atom is 0.149 e. The van der Waals surface area contributed by atoms with Gasteiger partial charge in [0.25, 0.3) is 0 Å². The first kappa shape index (κ1) is 12.4. The van der Waals surface area contributed by atoms with Crippen molar-refractivity contribution in [2.45, 2.75) is 13.8 Å². The van der Waals surface area contributed by atoms with E-state index in [-0.39, 0.29) is 11.7 Å². The summed E-state index contributed by atoms with van der Waals surface area (Å²) in [4.78, 5) is 1.67. The highest BCUT2D eigenvalue weighted by molar-refractivity contribution is 7.90. The Morgan fingerprint density at radius 2 is 1.92 bits per heavy atom. The molecular formula is C8H18N2O2S. The summed E-state index contributed by atoms with van der Waals surface area (Å²) in [6.07, 6.45) is 1.21. The summed E-state index contributed by atoms with van der Waals surface area (Å²) in [7, 11) is -1.17. The lowest BCUT2D eigenvalue weighted by atomic mass is 10.2. The third-order valence-electron chi connectivity index (χ3n) is 1.76. The van der Waals surface area contributed by atoms with Gasteiger partial charge in [-0.1, -0.05) is 13.8 Å². The number of sulfone groups is 1. The van der Waals surface area contributed by atoms with Crippen molar-refractivity contribution in [2.75, 3.05) is 25.6 Å². The zero-order valence-electron chi connectivity index (χ0n) is 8.66. The predicted octanol–water partition coefficient (Wildman–Crippen LogP) is 0.596. The summed E-state index contributed by atoms with van der Waals surface area (Å²) in [5.41, 5.74) is 0. The van der Waals surface area contributed by atoms with Crippen LogP contribution in [0.15, 0.2) is 0 Å². The van der Waals surface area contributed by atoms with Crippen LogP contribution in [0.5, 0.6) is 0 Å². The average molecular weight is 206 g/mol. The summed E-state index contributed by atoms with van der Waals surface area (Å²) in [6.45, 7) is 4.23. The van der Waals surface area contributed by atoms with E-state index >= 15 is 0 Å². The molecule has 0 heterocycles. The minimum atomic E-state index is -2.92. The Bertz CT molecular complexity index is 270. The molecule has 0 aliphatic rings. The van der Waals surface area contributed by atoms with Gasteiger partial charge in [-0.3, -0.25) is 5.41 Å². The Hall–Kier alpha value is -0.580. The number of hydrogen-bond acceptors (Lipinski definition) is 3. The lowest BCUT2D eigenvalue weighted by molar-refractivity contribution is 0.495. The molecule has 0 spiro atoms. The molecule has 0 aromatic rings. The molecule has 1 N–H and O–H groups in total. The maximum absolute atomic E-state index is 10.8. The highest BCUT2D eigenvalue weighted by atomic mass is 32.2. The number of hydrogen-bond donors (Lipinski definition) is 1. The van der Waals surface area contributed by atoms with Crippen molar-refractivity contribution in [3.05, 3.63) is 0 Å². The Kier molecular flexibility index (Phi) is 4.39. The zero-order valence-corrected chi connectivity index (χ0v) is 9.48. The van der Waals surface area contributed by atoms with E-state index in [1.807, 2.05) is 13.8 Å². The van der Waals surface area contributed by atoms with Crippen LogP contribution in [0.2, 0.25) is 0 Å².